The summed E-state index contributed by atoms with van der Waals surface area (Å²) in [6.45, 7) is 4.43. The molecule has 1 aromatic heterocycles. The van der Waals surface area contributed by atoms with Crippen LogP contribution < -0.4 is 15.6 Å². The first-order valence-electron chi connectivity index (χ1n) is 8.78. The van der Waals surface area contributed by atoms with Gasteiger partial charge >= 0.3 is 0 Å². The summed E-state index contributed by atoms with van der Waals surface area (Å²) in [4.78, 5) is 26.2. The number of benzene rings is 2. The van der Waals surface area contributed by atoms with Crippen LogP contribution in [0.1, 0.15) is 24.2 Å². The van der Waals surface area contributed by atoms with Crippen molar-refractivity contribution in [1.29, 1.82) is 0 Å². The van der Waals surface area contributed by atoms with Crippen molar-refractivity contribution < 1.29 is 13.9 Å². The monoisotopic (exact) mass is 446 g/mol. The molecule has 1 heterocycles. The van der Waals surface area contributed by atoms with Crippen LogP contribution in [0.15, 0.2) is 51.7 Å². The van der Waals surface area contributed by atoms with Gasteiger partial charge in [0.05, 0.1) is 12.6 Å². The van der Waals surface area contributed by atoms with Crippen molar-refractivity contribution in [3.05, 3.63) is 68.7 Å². The first kappa shape index (κ1) is 20.1. The van der Waals surface area contributed by atoms with Gasteiger partial charge in [-0.15, -0.1) is 0 Å². The number of methoxy groups -OCH3 is 1. The van der Waals surface area contributed by atoms with Gasteiger partial charge in [-0.3, -0.25) is 9.59 Å². The van der Waals surface area contributed by atoms with Crippen molar-refractivity contribution in [2.75, 3.05) is 12.4 Å². The number of pyridine rings is 1. The molecule has 0 fully saturated rings. The lowest BCUT2D eigenvalue weighted by Gasteiger charge is -2.18. The van der Waals surface area contributed by atoms with E-state index in [1.54, 1.807) is 16.7 Å². The molecular formula is C21H20BrFN2O3. The van der Waals surface area contributed by atoms with Gasteiger partial charge in [-0.2, -0.15) is 0 Å². The van der Waals surface area contributed by atoms with Crippen LogP contribution >= 0.6 is 15.9 Å². The summed E-state index contributed by atoms with van der Waals surface area (Å²) in [7, 11) is 1.42. The molecule has 0 saturated heterocycles. The molecule has 146 valence electrons. The number of halogens is 2. The molecule has 0 aliphatic heterocycles. The zero-order valence-corrected chi connectivity index (χ0v) is 17.3. The number of fused-ring (bicyclic) bond motifs is 1. The number of amides is 1. The number of nitrogens with one attached hydrogen (secondary N) is 1. The smallest absolute Gasteiger partial charge is 0.267 e. The molecule has 0 aliphatic rings. The summed E-state index contributed by atoms with van der Waals surface area (Å²) >= 11 is 3.43. The highest BCUT2D eigenvalue weighted by Gasteiger charge is 2.24. The van der Waals surface area contributed by atoms with Crippen LogP contribution in [0.5, 0.6) is 5.75 Å². The van der Waals surface area contributed by atoms with E-state index in [1.165, 1.54) is 25.3 Å². The fraction of sp³-hybridized carbons (Fsp3) is 0.238. The second-order valence-corrected chi connectivity index (χ2v) is 7.76. The average molecular weight is 447 g/mol. The Labute approximate surface area is 170 Å². The minimum absolute atomic E-state index is 0.109. The van der Waals surface area contributed by atoms with E-state index < -0.39 is 17.3 Å². The SMILES string of the molecule is COc1c(C(=O)Nc2cccc(F)c2)c(=O)n(CC(C)C)c2cc(Br)ccc12. The molecule has 0 bridgehead atoms. The number of ether oxygens (including phenoxy) is 1. The largest absolute Gasteiger partial charge is 0.495 e. The standard InChI is InChI=1S/C21H20BrFN2O3/c1-12(2)11-25-17-9-13(22)7-8-16(17)19(28-3)18(21(25)27)20(26)24-15-6-4-5-14(23)10-15/h4-10,12H,11H2,1-3H3,(H,24,26). The summed E-state index contributed by atoms with van der Waals surface area (Å²) in [6.07, 6.45) is 0. The third-order valence-corrected chi connectivity index (χ3v) is 4.74. The number of rotatable bonds is 5. The predicted molar refractivity (Wildman–Crippen MR) is 112 cm³/mol. The zero-order chi connectivity index (χ0) is 20.4. The number of anilines is 1. The Kier molecular flexibility index (Phi) is 5.84. The van der Waals surface area contributed by atoms with Crippen LogP contribution in [0.3, 0.4) is 0 Å². The molecular weight excluding hydrogens is 427 g/mol. The van der Waals surface area contributed by atoms with Gasteiger partial charge in [0.1, 0.15) is 17.1 Å². The third-order valence-electron chi connectivity index (χ3n) is 4.24. The summed E-state index contributed by atoms with van der Waals surface area (Å²) in [6, 6.07) is 11.0. The van der Waals surface area contributed by atoms with Crippen LogP contribution in [0.25, 0.3) is 10.9 Å². The van der Waals surface area contributed by atoms with Crippen molar-refractivity contribution in [2.45, 2.75) is 20.4 Å². The predicted octanol–water partition coefficient (Wildman–Crippen LogP) is 4.82. The van der Waals surface area contributed by atoms with Crippen molar-refractivity contribution in [3.63, 3.8) is 0 Å². The lowest BCUT2D eigenvalue weighted by Crippen LogP contribution is -2.31. The van der Waals surface area contributed by atoms with E-state index in [1.807, 2.05) is 26.0 Å². The quantitative estimate of drug-likeness (QED) is 0.610. The number of hydrogen-bond acceptors (Lipinski definition) is 3. The number of carbonyl (C=O) groups is 1. The summed E-state index contributed by atoms with van der Waals surface area (Å²) in [5, 5.41) is 3.24. The molecule has 0 spiro atoms. The van der Waals surface area contributed by atoms with E-state index in [9.17, 15) is 14.0 Å². The van der Waals surface area contributed by atoms with E-state index in [0.717, 1.165) is 4.47 Å². The second kappa shape index (κ2) is 8.14. The van der Waals surface area contributed by atoms with Gasteiger partial charge in [0, 0.05) is 22.1 Å². The van der Waals surface area contributed by atoms with E-state index in [4.69, 9.17) is 4.74 Å². The molecule has 0 radical (unpaired) electrons. The third kappa shape index (κ3) is 3.94. The molecule has 2 aromatic carbocycles. The van der Waals surface area contributed by atoms with E-state index in [-0.39, 0.29) is 22.9 Å². The average Bonchev–Trinajstić information content (AvgIpc) is 2.63. The van der Waals surface area contributed by atoms with Crippen molar-refractivity contribution in [3.8, 4) is 5.75 Å². The van der Waals surface area contributed by atoms with Gasteiger partial charge in [0.25, 0.3) is 11.5 Å². The molecule has 0 aliphatic carbocycles. The molecule has 5 nitrogen and oxygen atoms in total. The summed E-state index contributed by atoms with van der Waals surface area (Å²) in [5.41, 5.74) is 0.372. The minimum atomic E-state index is -0.644. The lowest BCUT2D eigenvalue weighted by atomic mass is 10.1. The number of nitrogens with zero attached hydrogens (tertiary/aromatic N) is 1. The highest BCUT2D eigenvalue weighted by molar-refractivity contribution is 9.10. The minimum Gasteiger partial charge on any atom is -0.495 e. The van der Waals surface area contributed by atoms with E-state index in [2.05, 4.69) is 21.2 Å². The first-order chi connectivity index (χ1) is 13.3. The normalized spacial score (nSPS) is 11.1. The summed E-state index contributed by atoms with van der Waals surface area (Å²) in [5.74, 6) is -0.742. The lowest BCUT2D eigenvalue weighted by molar-refractivity contribution is 0.102. The van der Waals surface area contributed by atoms with Gasteiger partial charge in [0.2, 0.25) is 0 Å². The Bertz CT molecular complexity index is 1110. The fourth-order valence-electron chi connectivity index (χ4n) is 3.11. The van der Waals surface area contributed by atoms with Gasteiger partial charge in [-0.25, -0.2) is 4.39 Å². The molecule has 28 heavy (non-hydrogen) atoms. The van der Waals surface area contributed by atoms with Gasteiger partial charge < -0.3 is 14.6 Å². The molecule has 3 rings (SSSR count). The molecule has 0 atom stereocenters. The van der Waals surface area contributed by atoms with Crippen molar-refractivity contribution >= 4 is 38.4 Å². The number of hydrogen-bond donors (Lipinski definition) is 1. The molecule has 1 amide bonds. The Hall–Kier alpha value is -2.67. The summed E-state index contributed by atoms with van der Waals surface area (Å²) < 4.78 is 21.3. The molecule has 3 aromatic rings. The Balaban J connectivity index is 2.23. The van der Waals surface area contributed by atoms with Crippen molar-refractivity contribution in [2.24, 2.45) is 5.92 Å². The fourth-order valence-corrected chi connectivity index (χ4v) is 3.46. The first-order valence-corrected chi connectivity index (χ1v) is 9.58. The number of carbonyl (C=O) groups excluding carboxylic acids is 1. The van der Waals surface area contributed by atoms with Crippen LogP contribution in [0.2, 0.25) is 0 Å². The van der Waals surface area contributed by atoms with Crippen LogP contribution in [0.4, 0.5) is 10.1 Å². The van der Waals surface area contributed by atoms with Gasteiger partial charge in [0.15, 0.2) is 0 Å². The molecule has 0 saturated carbocycles. The Morgan fingerprint density at radius 3 is 2.64 bits per heavy atom. The Morgan fingerprint density at radius 2 is 2.00 bits per heavy atom. The molecule has 7 heteroatoms. The van der Waals surface area contributed by atoms with Crippen molar-refractivity contribution in [1.82, 2.24) is 4.57 Å². The van der Waals surface area contributed by atoms with Crippen LogP contribution in [0, 0.1) is 11.7 Å². The van der Waals surface area contributed by atoms with E-state index in [0.29, 0.717) is 17.4 Å². The second-order valence-electron chi connectivity index (χ2n) is 6.84. The topological polar surface area (TPSA) is 60.3 Å². The molecule has 0 unspecified atom stereocenters. The van der Waals surface area contributed by atoms with Gasteiger partial charge in [-0.1, -0.05) is 35.8 Å². The maximum Gasteiger partial charge on any atom is 0.267 e. The van der Waals surface area contributed by atoms with Crippen LogP contribution in [-0.4, -0.2) is 17.6 Å². The van der Waals surface area contributed by atoms with Gasteiger partial charge in [-0.05, 0) is 42.3 Å². The van der Waals surface area contributed by atoms with Crippen LogP contribution in [-0.2, 0) is 6.54 Å². The highest BCUT2D eigenvalue weighted by atomic mass is 79.9. The number of aromatic nitrogens is 1. The maximum absolute atomic E-state index is 13.5. The van der Waals surface area contributed by atoms with E-state index >= 15 is 0 Å². The highest BCUT2D eigenvalue weighted by Crippen LogP contribution is 2.30. The Morgan fingerprint density at radius 1 is 1.25 bits per heavy atom. The molecule has 1 N–H and O–H groups in total. The maximum atomic E-state index is 13.5. The zero-order valence-electron chi connectivity index (χ0n) is 15.8.